The minimum atomic E-state index is -0.330. The molecular weight excluding hydrogens is 233 g/mol. The van der Waals surface area contributed by atoms with E-state index in [1.165, 1.54) is 24.3 Å². The zero-order chi connectivity index (χ0) is 13.0. The van der Waals surface area contributed by atoms with Gasteiger partial charge in [-0.1, -0.05) is 0 Å². The average molecular weight is 251 g/mol. The zero-order valence-electron chi connectivity index (χ0n) is 10.3. The van der Waals surface area contributed by atoms with E-state index in [0.717, 1.165) is 25.8 Å². The molecule has 1 atom stereocenters. The van der Waals surface area contributed by atoms with Crippen LogP contribution in [-0.2, 0) is 0 Å². The van der Waals surface area contributed by atoms with E-state index >= 15 is 0 Å². The van der Waals surface area contributed by atoms with Gasteiger partial charge >= 0.3 is 0 Å². The summed E-state index contributed by atoms with van der Waals surface area (Å²) in [4.78, 5) is 14.0. The van der Waals surface area contributed by atoms with Gasteiger partial charge in [0.05, 0.1) is 0 Å². The highest BCUT2D eigenvalue weighted by molar-refractivity contribution is 5.94. The number of carbonyl (C=O) groups excluding carboxylic acids is 1. The first-order chi connectivity index (χ1) is 8.70. The Hall–Kier alpha value is -1.42. The van der Waals surface area contributed by atoms with Gasteiger partial charge in [0.15, 0.2) is 0 Å². The van der Waals surface area contributed by atoms with Crippen molar-refractivity contribution in [2.24, 2.45) is 5.92 Å². The molecule has 4 heteroatoms. The standard InChI is InChI=1S/C14H18FNO2/c15-13-5-3-12(4-6-13)14(18)16-8-1-2-11(10-16)7-9-17/h3-6,11,17H,1-2,7-10H2. The molecule has 1 N–H and O–H groups in total. The van der Waals surface area contributed by atoms with Gasteiger partial charge in [0.1, 0.15) is 5.82 Å². The second-order valence-corrected chi connectivity index (χ2v) is 4.78. The van der Waals surface area contributed by atoms with Gasteiger partial charge < -0.3 is 10.0 Å². The van der Waals surface area contributed by atoms with E-state index in [0.29, 0.717) is 18.0 Å². The Kier molecular flexibility index (Phi) is 4.31. The average Bonchev–Trinajstić information content (AvgIpc) is 2.39. The fourth-order valence-electron chi connectivity index (χ4n) is 2.44. The second-order valence-electron chi connectivity index (χ2n) is 4.78. The van der Waals surface area contributed by atoms with Crippen LogP contribution in [-0.4, -0.2) is 35.6 Å². The predicted molar refractivity (Wildman–Crippen MR) is 66.7 cm³/mol. The van der Waals surface area contributed by atoms with Crippen LogP contribution >= 0.6 is 0 Å². The fraction of sp³-hybridized carbons (Fsp3) is 0.500. The van der Waals surface area contributed by atoms with Crippen molar-refractivity contribution < 1.29 is 14.3 Å². The molecule has 1 fully saturated rings. The highest BCUT2D eigenvalue weighted by Crippen LogP contribution is 2.21. The number of aliphatic hydroxyl groups excluding tert-OH is 1. The highest BCUT2D eigenvalue weighted by Gasteiger charge is 2.23. The number of nitrogens with zero attached hydrogens (tertiary/aromatic N) is 1. The maximum absolute atomic E-state index is 12.8. The molecule has 0 aliphatic carbocycles. The SMILES string of the molecule is O=C(c1ccc(F)cc1)N1CCCC(CCO)C1. The molecule has 2 rings (SSSR count). The summed E-state index contributed by atoms with van der Waals surface area (Å²) in [5.74, 6) is 0.00846. The normalized spacial score (nSPS) is 19.9. The predicted octanol–water partition coefficient (Wildman–Crippen LogP) is 2.06. The lowest BCUT2D eigenvalue weighted by Crippen LogP contribution is -2.40. The number of rotatable bonds is 3. The molecule has 18 heavy (non-hydrogen) atoms. The summed E-state index contributed by atoms with van der Waals surface area (Å²) in [5, 5.41) is 8.95. The fourth-order valence-corrected chi connectivity index (χ4v) is 2.44. The number of likely N-dealkylation sites (tertiary alicyclic amines) is 1. The number of hydrogen-bond donors (Lipinski definition) is 1. The number of benzene rings is 1. The summed E-state index contributed by atoms with van der Waals surface area (Å²) in [6, 6.07) is 5.66. The lowest BCUT2D eigenvalue weighted by atomic mass is 9.94. The van der Waals surface area contributed by atoms with E-state index in [9.17, 15) is 9.18 Å². The monoisotopic (exact) mass is 251 g/mol. The molecule has 0 saturated carbocycles. The molecule has 1 unspecified atom stereocenters. The minimum Gasteiger partial charge on any atom is -0.396 e. The van der Waals surface area contributed by atoms with E-state index in [1.54, 1.807) is 4.90 Å². The van der Waals surface area contributed by atoms with Crippen molar-refractivity contribution >= 4 is 5.91 Å². The van der Waals surface area contributed by atoms with Crippen LogP contribution in [0, 0.1) is 11.7 Å². The van der Waals surface area contributed by atoms with Gasteiger partial charge in [-0.15, -0.1) is 0 Å². The third-order valence-corrected chi connectivity index (χ3v) is 3.43. The smallest absolute Gasteiger partial charge is 0.253 e. The first kappa shape index (κ1) is 13.0. The van der Waals surface area contributed by atoms with Crippen LogP contribution in [0.15, 0.2) is 24.3 Å². The number of carbonyl (C=O) groups is 1. The summed E-state index contributed by atoms with van der Waals surface area (Å²) in [5.41, 5.74) is 0.529. The number of amides is 1. The summed E-state index contributed by atoms with van der Waals surface area (Å²) < 4.78 is 12.8. The Morgan fingerprint density at radius 1 is 1.39 bits per heavy atom. The lowest BCUT2D eigenvalue weighted by molar-refractivity contribution is 0.0653. The molecule has 0 bridgehead atoms. The van der Waals surface area contributed by atoms with Crippen LogP contribution in [0.3, 0.4) is 0 Å². The largest absolute Gasteiger partial charge is 0.396 e. The molecule has 1 aromatic carbocycles. The quantitative estimate of drug-likeness (QED) is 0.893. The molecule has 3 nitrogen and oxygen atoms in total. The summed E-state index contributed by atoms with van der Waals surface area (Å²) in [7, 11) is 0. The number of halogens is 1. The van der Waals surface area contributed by atoms with Crippen molar-refractivity contribution in [3.63, 3.8) is 0 Å². The first-order valence-corrected chi connectivity index (χ1v) is 6.36. The van der Waals surface area contributed by atoms with E-state index in [1.807, 2.05) is 0 Å². The maximum atomic E-state index is 12.8. The molecule has 0 aromatic heterocycles. The van der Waals surface area contributed by atoms with Gasteiger partial charge in [-0.2, -0.15) is 0 Å². The number of piperidine rings is 1. The molecule has 1 amide bonds. The summed E-state index contributed by atoms with van der Waals surface area (Å²) >= 11 is 0. The second kappa shape index (κ2) is 5.96. The van der Waals surface area contributed by atoms with Gasteiger partial charge in [-0.05, 0) is 49.4 Å². The number of hydrogen-bond acceptors (Lipinski definition) is 2. The molecule has 1 heterocycles. The van der Waals surface area contributed by atoms with Crippen molar-refractivity contribution in [3.05, 3.63) is 35.6 Å². The van der Waals surface area contributed by atoms with Crippen LogP contribution in [0.2, 0.25) is 0 Å². The topological polar surface area (TPSA) is 40.5 Å². The van der Waals surface area contributed by atoms with Crippen LogP contribution in [0.5, 0.6) is 0 Å². The van der Waals surface area contributed by atoms with Crippen molar-refractivity contribution in [1.82, 2.24) is 4.90 Å². The molecule has 0 spiro atoms. The number of aliphatic hydroxyl groups is 1. The third-order valence-electron chi connectivity index (χ3n) is 3.43. The van der Waals surface area contributed by atoms with E-state index in [2.05, 4.69) is 0 Å². The molecule has 98 valence electrons. The Bertz CT molecular complexity index is 403. The summed E-state index contributed by atoms with van der Waals surface area (Å²) in [6.07, 6.45) is 2.78. The molecule has 1 saturated heterocycles. The third kappa shape index (κ3) is 3.07. The van der Waals surface area contributed by atoms with Gasteiger partial charge in [0.2, 0.25) is 0 Å². The highest BCUT2D eigenvalue weighted by atomic mass is 19.1. The van der Waals surface area contributed by atoms with Crippen molar-refractivity contribution in [3.8, 4) is 0 Å². The van der Waals surface area contributed by atoms with Crippen molar-refractivity contribution in [2.75, 3.05) is 19.7 Å². The Morgan fingerprint density at radius 3 is 2.78 bits per heavy atom. The zero-order valence-corrected chi connectivity index (χ0v) is 10.3. The Balaban J connectivity index is 2.02. The van der Waals surface area contributed by atoms with Gasteiger partial charge in [0, 0.05) is 25.3 Å². The van der Waals surface area contributed by atoms with Crippen molar-refractivity contribution in [1.29, 1.82) is 0 Å². The van der Waals surface area contributed by atoms with Gasteiger partial charge in [0.25, 0.3) is 5.91 Å². The van der Waals surface area contributed by atoms with Crippen LogP contribution in [0.25, 0.3) is 0 Å². The minimum absolute atomic E-state index is 0.0439. The van der Waals surface area contributed by atoms with E-state index in [-0.39, 0.29) is 18.3 Å². The van der Waals surface area contributed by atoms with Crippen LogP contribution < -0.4 is 0 Å². The van der Waals surface area contributed by atoms with Crippen LogP contribution in [0.4, 0.5) is 4.39 Å². The molecule has 1 aliphatic rings. The van der Waals surface area contributed by atoms with Crippen molar-refractivity contribution in [2.45, 2.75) is 19.3 Å². The first-order valence-electron chi connectivity index (χ1n) is 6.36. The Labute approximate surface area is 106 Å². The Morgan fingerprint density at radius 2 is 2.11 bits per heavy atom. The van der Waals surface area contributed by atoms with Crippen LogP contribution in [0.1, 0.15) is 29.6 Å². The summed E-state index contributed by atoms with van der Waals surface area (Å²) in [6.45, 7) is 1.61. The molecule has 1 aliphatic heterocycles. The molecule has 0 radical (unpaired) electrons. The lowest BCUT2D eigenvalue weighted by Gasteiger charge is -2.32. The molecular formula is C14H18FNO2. The molecule has 1 aromatic rings. The van der Waals surface area contributed by atoms with E-state index < -0.39 is 0 Å². The van der Waals surface area contributed by atoms with Gasteiger partial charge in [-0.25, -0.2) is 4.39 Å². The maximum Gasteiger partial charge on any atom is 0.253 e. The van der Waals surface area contributed by atoms with E-state index in [4.69, 9.17) is 5.11 Å². The van der Waals surface area contributed by atoms with Gasteiger partial charge in [-0.3, -0.25) is 4.79 Å².